The van der Waals surface area contributed by atoms with E-state index in [0.29, 0.717) is 11.8 Å². The summed E-state index contributed by atoms with van der Waals surface area (Å²) in [7, 11) is 4.15. The van der Waals surface area contributed by atoms with Crippen molar-refractivity contribution in [1.29, 1.82) is 0 Å². The monoisotopic (exact) mass is 364 g/mol. The molecule has 0 saturated carbocycles. The second-order valence-electron chi connectivity index (χ2n) is 8.32. The Morgan fingerprint density at radius 2 is 1.93 bits per heavy atom. The van der Waals surface area contributed by atoms with E-state index in [-0.39, 0.29) is 5.56 Å². The third-order valence-corrected chi connectivity index (χ3v) is 6.07. The summed E-state index contributed by atoms with van der Waals surface area (Å²) in [5.74, 6) is 1.08. The van der Waals surface area contributed by atoms with Gasteiger partial charge in [0, 0.05) is 55.5 Å². The van der Waals surface area contributed by atoms with Crippen molar-refractivity contribution in [3.8, 4) is 0 Å². The van der Waals surface area contributed by atoms with Crippen molar-refractivity contribution in [3.05, 3.63) is 69.6 Å². The number of fused-ring (bicyclic) bond motifs is 4. The fourth-order valence-corrected chi connectivity index (χ4v) is 4.94. The van der Waals surface area contributed by atoms with Crippen molar-refractivity contribution in [1.82, 2.24) is 4.57 Å². The molecule has 0 spiro atoms. The Labute approximate surface area is 161 Å². The molecule has 0 radical (unpaired) electrons. The molecule has 0 aliphatic carbocycles. The number of allylic oxidation sites excluding steroid dienone is 1. The molecule has 3 atom stereocenters. The van der Waals surface area contributed by atoms with Gasteiger partial charge in [0.1, 0.15) is 6.54 Å². The Balaban J connectivity index is 1.57. The number of benzene rings is 1. The van der Waals surface area contributed by atoms with Crippen LogP contribution in [-0.4, -0.2) is 31.8 Å². The maximum Gasteiger partial charge on any atom is 0.250 e. The van der Waals surface area contributed by atoms with Crippen LogP contribution >= 0.6 is 0 Å². The van der Waals surface area contributed by atoms with E-state index in [4.69, 9.17) is 0 Å². The van der Waals surface area contributed by atoms with E-state index in [2.05, 4.69) is 60.0 Å². The van der Waals surface area contributed by atoms with Crippen LogP contribution < -0.4 is 15.4 Å². The number of pyridine rings is 1. The molecule has 3 heterocycles. The van der Waals surface area contributed by atoms with Crippen LogP contribution in [0.1, 0.15) is 36.1 Å². The van der Waals surface area contributed by atoms with E-state index >= 15 is 0 Å². The molecular formula is C23H30N3O+. The lowest BCUT2D eigenvalue weighted by molar-refractivity contribution is -0.924. The second kappa shape index (κ2) is 7.35. The first-order chi connectivity index (χ1) is 13.0. The van der Waals surface area contributed by atoms with Gasteiger partial charge in [-0.05, 0) is 37.1 Å². The van der Waals surface area contributed by atoms with Gasteiger partial charge >= 0.3 is 0 Å². The lowest BCUT2D eigenvalue weighted by Gasteiger charge is -2.41. The van der Waals surface area contributed by atoms with Gasteiger partial charge in [0.15, 0.2) is 0 Å². The number of nitrogens with one attached hydrogen (secondary N) is 1. The molecule has 4 rings (SSSR count). The average molecular weight is 365 g/mol. The van der Waals surface area contributed by atoms with Crippen molar-refractivity contribution in [2.75, 3.05) is 32.1 Å². The van der Waals surface area contributed by atoms with E-state index in [1.807, 2.05) is 13.0 Å². The van der Waals surface area contributed by atoms with Crippen LogP contribution in [0.5, 0.6) is 0 Å². The van der Waals surface area contributed by atoms with Crippen molar-refractivity contribution in [2.45, 2.75) is 32.4 Å². The number of quaternary nitrogens is 1. The molecule has 27 heavy (non-hydrogen) atoms. The molecule has 4 heteroatoms. The molecule has 2 aliphatic heterocycles. The normalized spacial score (nSPS) is 24.0. The molecule has 4 nitrogen and oxygen atoms in total. The van der Waals surface area contributed by atoms with Crippen LogP contribution in [0.2, 0.25) is 0 Å². The van der Waals surface area contributed by atoms with E-state index < -0.39 is 0 Å². The summed E-state index contributed by atoms with van der Waals surface area (Å²) in [5, 5.41) is 0. The number of hydrogen-bond donors (Lipinski definition) is 1. The van der Waals surface area contributed by atoms with Crippen molar-refractivity contribution in [2.24, 2.45) is 5.92 Å². The minimum atomic E-state index is 0.163. The number of rotatable bonds is 4. The zero-order chi connectivity index (χ0) is 19.0. The highest BCUT2D eigenvalue weighted by atomic mass is 16.1. The van der Waals surface area contributed by atoms with Gasteiger partial charge in [-0.25, -0.2) is 0 Å². The van der Waals surface area contributed by atoms with Crippen molar-refractivity contribution >= 4 is 11.8 Å². The maximum atomic E-state index is 12.4. The van der Waals surface area contributed by atoms with Gasteiger partial charge in [0.2, 0.25) is 0 Å². The minimum absolute atomic E-state index is 0.163. The Bertz CT molecular complexity index is 895. The van der Waals surface area contributed by atoms with Gasteiger partial charge < -0.3 is 14.4 Å². The van der Waals surface area contributed by atoms with Crippen LogP contribution in [0.4, 0.5) is 5.69 Å². The number of aromatic nitrogens is 1. The van der Waals surface area contributed by atoms with Crippen LogP contribution in [0.3, 0.4) is 0 Å². The molecule has 0 amide bonds. The van der Waals surface area contributed by atoms with E-state index in [1.165, 1.54) is 28.9 Å². The van der Waals surface area contributed by atoms with Gasteiger partial charge in [-0.15, -0.1) is 0 Å². The van der Waals surface area contributed by atoms with Gasteiger partial charge in [0.25, 0.3) is 5.56 Å². The van der Waals surface area contributed by atoms with E-state index in [9.17, 15) is 4.79 Å². The summed E-state index contributed by atoms with van der Waals surface area (Å²) in [6, 6.07) is 12.7. The lowest BCUT2D eigenvalue weighted by Crippen LogP contribution is -3.13. The first-order valence-corrected chi connectivity index (χ1v) is 10.0. The number of likely N-dealkylation sites (tertiary alicyclic amines) is 1. The summed E-state index contributed by atoms with van der Waals surface area (Å²) >= 11 is 0. The van der Waals surface area contributed by atoms with E-state index in [0.717, 1.165) is 26.2 Å². The molecule has 1 aromatic carbocycles. The molecule has 1 fully saturated rings. The van der Waals surface area contributed by atoms with Gasteiger partial charge in [0.05, 0.1) is 13.1 Å². The van der Waals surface area contributed by atoms with Gasteiger partial charge in [-0.1, -0.05) is 24.3 Å². The Morgan fingerprint density at radius 3 is 2.63 bits per heavy atom. The largest absolute Gasteiger partial charge is 0.378 e. The maximum absolute atomic E-state index is 12.4. The number of nitrogens with zero attached hydrogens (tertiary/aromatic N) is 2. The second-order valence-corrected chi connectivity index (χ2v) is 8.32. The van der Waals surface area contributed by atoms with Crippen LogP contribution in [0.25, 0.3) is 6.08 Å². The van der Waals surface area contributed by atoms with Gasteiger partial charge in [-0.2, -0.15) is 0 Å². The standard InChI is InChI=1S/C23H29N3O/c1-4-5-19-8-11-22(27)26-15-18-12-20(23(19)26)16-25(14-18)13-17-6-9-21(10-7-17)24(2)3/h4-11,18,20H,12-16H2,1-3H3/p+1/b5-4+/t18-,20+/m0/s1. The molecule has 2 aromatic rings. The Hall–Kier alpha value is -2.33. The number of piperidine rings is 1. The quantitative estimate of drug-likeness (QED) is 0.901. The molecule has 1 saturated heterocycles. The van der Waals surface area contributed by atoms with Crippen LogP contribution in [0, 0.1) is 5.92 Å². The zero-order valence-electron chi connectivity index (χ0n) is 16.6. The highest BCUT2D eigenvalue weighted by Crippen LogP contribution is 2.33. The molecule has 2 aliphatic rings. The van der Waals surface area contributed by atoms with E-state index in [1.54, 1.807) is 11.0 Å². The lowest BCUT2D eigenvalue weighted by atomic mass is 9.81. The smallest absolute Gasteiger partial charge is 0.250 e. The first kappa shape index (κ1) is 18.1. The number of anilines is 1. The number of hydrogen-bond acceptors (Lipinski definition) is 2. The predicted octanol–water partition coefficient (Wildman–Crippen LogP) is 2.15. The Kier molecular flexibility index (Phi) is 4.92. The third-order valence-electron chi connectivity index (χ3n) is 6.07. The summed E-state index contributed by atoms with van der Waals surface area (Å²) in [6.07, 6.45) is 5.45. The highest BCUT2D eigenvalue weighted by molar-refractivity contribution is 5.53. The Morgan fingerprint density at radius 1 is 1.15 bits per heavy atom. The topological polar surface area (TPSA) is 29.7 Å². The first-order valence-electron chi connectivity index (χ1n) is 10.0. The summed E-state index contributed by atoms with van der Waals surface area (Å²) < 4.78 is 2.05. The van der Waals surface area contributed by atoms with Crippen molar-refractivity contribution < 1.29 is 4.90 Å². The molecule has 1 N–H and O–H groups in total. The predicted molar refractivity (Wildman–Crippen MR) is 111 cm³/mol. The van der Waals surface area contributed by atoms with Crippen molar-refractivity contribution in [3.63, 3.8) is 0 Å². The summed E-state index contributed by atoms with van der Waals surface area (Å²) in [5.41, 5.74) is 5.29. The summed E-state index contributed by atoms with van der Waals surface area (Å²) in [6.45, 7) is 6.26. The molecular weight excluding hydrogens is 334 g/mol. The minimum Gasteiger partial charge on any atom is -0.378 e. The fraction of sp³-hybridized carbons (Fsp3) is 0.435. The molecule has 1 unspecified atom stereocenters. The SMILES string of the molecule is C/C=C/c1ccc(=O)n2c1[C@@H]1C[C@H](C2)C[NH+](Cc2ccc(N(C)C)cc2)C1. The van der Waals surface area contributed by atoms with Gasteiger partial charge in [-0.3, -0.25) is 4.79 Å². The molecule has 1 aromatic heterocycles. The molecule has 2 bridgehead atoms. The summed E-state index contributed by atoms with van der Waals surface area (Å²) in [4.78, 5) is 16.2. The van der Waals surface area contributed by atoms with Crippen LogP contribution in [0.15, 0.2) is 47.3 Å². The zero-order valence-corrected chi connectivity index (χ0v) is 16.6. The third kappa shape index (κ3) is 3.59. The highest BCUT2D eigenvalue weighted by Gasteiger charge is 2.38. The van der Waals surface area contributed by atoms with Crippen LogP contribution in [-0.2, 0) is 13.1 Å². The molecule has 142 valence electrons. The average Bonchev–Trinajstić information content (AvgIpc) is 2.64. The fourth-order valence-electron chi connectivity index (χ4n) is 4.94.